The third-order valence-corrected chi connectivity index (χ3v) is 2.62. The van der Waals surface area contributed by atoms with Gasteiger partial charge in [0.05, 0.1) is 11.3 Å². The normalized spacial score (nSPS) is 10.3. The fourth-order valence-corrected chi connectivity index (χ4v) is 1.77. The number of nitrogens with one attached hydrogen (secondary N) is 1. The molecular formula is C11H10Cl2N2O2. The Kier molecular flexibility index (Phi) is 3.76. The van der Waals surface area contributed by atoms with Gasteiger partial charge in [-0.3, -0.25) is 0 Å². The average molecular weight is 273 g/mol. The number of rotatable bonds is 4. The van der Waals surface area contributed by atoms with E-state index in [-0.39, 0.29) is 6.61 Å². The Morgan fingerprint density at radius 1 is 1.41 bits per heavy atom. The number of halogens is 2. The minimum atomic E-state index is 0.268. The Bertz CT molecular complexity index is 500. The average Bonchev–Trinajstić information content (AvgIpc) is 2.81. The molecule has 0 atom stereocenters. The highest BCUT2D eigenvalue weighted by Crippen LogP contribution is 2.30. The zero-order valence-corrected chi connectivity index (χ0v) is 10.5. The topological polar surface area (TPSA) is 47.3 Å². The maximum Gasteiger partial charge on any atom is 0.235 e. The molecule has 0 unspecified atom stereocenters. The van der Waals surface area contributed by atoms with Crippen LogP contribution in [-0.2, 0) is 6.61 Å². The van der Waals surface area contributed by atoms with E-state index in [4.69, 9.17) is 32.4 Å². The Morgan fingerprint density at radius 3 is 2.88 bits per heavy atom. The lowest BCUT2D eigenvalue weighted by molar-refractivity contribution is 0.261. The fraction of sp³-hybridized carbons (Fsp3) is 0.182. The van der Waals surface area contributed by atoms with E-state index >= 15 is 0 Å². The van der Waals surface area contributed by atoms with Gasteiger partial charge in [0.25, 0.3) is 0 Å². The molecule has 2 rings (SSSR count). The van der Waals surface area contributed by atoms with Gasteiger partial charge in [-0.05, 0) is 18.2 Å². The molecule has 4 nitrogen and oxygen atoms in total. The monoisotopic (exact) mass is 272 g/mol. The first kappa shape index (κ1) is 12.1. The van der Waals surface area contributed by atoms with E-state index in [9.17, 15) is 0 Å². The molecule has 0 saturated heterocycles. The summed E-state index contributed by atoms with van der Waals surface area (Å²) in [6.45, 7) is 0.268. The van der Waals surface area contributed by atoms with Gasteiger partial charge in [0.2, 0.25) is 5.88 Å². The molecular weight excluding hydrogens is 263 g/mol. The summed E-state index contributed by atoms with van der Waals surface area (Å²) in [4.78, 5) is 4.15. The van der Waals surface area contributed by atoms with Crippen molar-refractivity contribution < 1.29 is 9.15 Å². The Balaban J connectivity index is 2.15. The predicted molar refractivity (Wildman–Crippen MR) is 66.8 cm³/mol. The third kappa shape index (κ3) is 2.84. The van der Waals surface area contributed by atoms with Crippen LogP contribution in [0.1, 0.15) is 5.76 Å². The number of pyridine rings is 1. The highest BCUT2D eigenvalue weighted by molar-refractivity contribution is 6.36. The number of hydrogen-bond donors (Lipinski definition) is 1. The number of aromatic nitrogens is 1. The van der Waals surface area contributed by atoms with E-state index in [0.29, 0.717) is 27.5 Å². The molecule has 90 valence electrons. The maximum absolute atomic E-state index is 5.97. The van der Waals surface area contributed by atoms with Gasteiger partial charge < -0.3 is 14.5 Å². The molecule has 0 aromatic carbocycles. The predicted octanol–water partition coefficient (Wildman–Crippen LogP) is 3.60. The van der Waals surface area contributed by atoms with Crippen LogP contribution in [0.15, 0.2) is 28.9 Å². The number of hydrogen-bond acceptors (Lipinski definition) is 4. The molecule has 2 aromatic rings. The zero-order chi connectivity index (χ0) is 12.3. The molecule has 17 heavy (non-hydrogen) atoms. The van der Waals surface area contributed by atoms with E-state index in [1.165, 1.54) is 0 Å². The van der Waals surface area contributed by atoms with Crippen LogP contribution in [0.2, 0.25) is 10.0 Å². The van der Waals surface area contributed by atoms with Crippen molar-refractivity contribution in [2.45, 2.75) is 6.61 Å². The molecule has 0 aliphatic rings. The molecule has 0 spiro atoms. The lowest BCUT2D eigenvalue weighted by Gasteiger charge is -2.09. The van der Waals surface area contributed by atoms with Crippen molar-refractivity contribution in [2.75, 3.05) is 12.4 Å². The van der Waals surface area contributed by atoms with Crippen LogP contribution in [0.4, 0.5) is 5.82 Å². The standard InChI is InChI=1S/C11H10Cl2N2O2/c1-14-10-8(12)5-9(13)11(15-10)17-6-7-3-2-4-16-7/h2-5H,6H2,1H3,(H,14,15). The molecule has 2 heterocycles. The SMILES string of the molecule is CNc1nc(OCc2ccco2)c(Cl)cc1Cl. The van der Waals surface area contributed by atoms with Gasteiger partial charge in [0.1, 0.15) is 23.2 Å². The van der Waals surface area contributed by atoms with Crippen molar-refractivity contribution >= 4 is 29.0 Å². The third-order valence-electron chi connectivity index (χ3n) is 2.07. The van der Waals surface area contributed by atoms with E-state index < -0.39 is 0 Å². The molecule has 2 aromatic heterocycles. The molecule has 0 aliphatic carbocycles. The molecule has 0 amide bonds. The van der Waals surface area contributed by atoms with Crippen molar-refractivity contribution in [3.05, 3.63) is 40.3 Å². The highest BCUT2D eigenvalue weighted by atomic mass is 35.5. The van der Waals surface area contributed by atoms with Crippen molar-refractivity contribution in [1.82, 2.24) is 4.98 Å². The van der Waals surface area contributed by atoms with Gasteiger partial charge in [-0.25, -0.2) is 0 Å². The molecule has 1 N–H and O–H groups in total. The summed E-state index contributed by atoms with van der Waals surface area (Å²) in [6.07, 6.45) is 1.58. The first-order valence-corrected chi connectivity index (χ1v) is 5.65. The second-order valence-corrected chi connectivity index (χ2v) is 4.04. The summed E-state index contributed by atoms with van der Waals surface area (Å²) in [5.41, 5.74) is 0. The van der Waals surface area contributed by atoms with Gasteiger partial charge in [0, 0.05) is 7.05 Å². The number of nitrogens with zero attached hydrogens (tertiary/aromatic N) is 1. The summed E-state index contributed by atoms with van der Waals surface area (Å²) >= 11 is 11.9. The summed E-state index contributed by atoms with van der Waals surface area (Å²) in [5.74, 6) is 1.53. The molecule has 0 aliphatic heterocycles. The molecule has 0 bridgehead atoms. The highest BCUT2D eigenvalue weighted by Gasteiger charge is 2.10. The van der Waals surface area contributed by atoms with E-state index in [1.54, 1.807) is 25.4 Å². The maximum atomic E-state index is 5.97. The second-order valence-electron chi connectivity index (χ2n) is 3.22. The summed E-state index contributed by atoms with van der Waals surface area (Å²) in [5, 5.41) is 3.66. The van der Waals surface area contributed by atoms with Crippen LogP contribution in [0, 0.1) is 0 Å². The van der Waals surface area contributed by atoms with Gasteiger partial charge in [-0.15, -0.1) is 0 Å². The van der Waals surface area contributed by atoms with Crippen LogP contribution < -0.4 is 10.1 Å². The van der Waals surface area contributed by atoms with Crippen molar-refractivity contribution in [1.29, 1.82) is 0 Å². The van der Waals surface area contributed by atoms with Crippen LogP contribution >= 0.6 is 23.2 Å². The van der Waals surface area contributed by atoms with E-state index in [0.717, 1.165) is 0 Å². The van der Waals surface area contributed by atoms with Gasteiger partial charge in [-0.1, -0.05) is 23.2 Å². The second kappa shape index (κ2) is 5.29. The van der Waals surface area contributed by atoms with Gasteiger partial charge in [0.15, 0.2) is 0 Å². The molecule has 6 heteroatoms. The van der Waals surface area contributed by atoms with E-state index in [1.807, 2.05) is 6.07 Å². The molecule has 0 saturated carbocycles. The van der Waals surface area contributed by atoms with Crippen LogP contribution in [-0.4, -0.2) is 12.0 Å². The molecule has 0 radical (unpaired) electrons. The Hall–Kier alpha value is -1.39. The van der Waals surface area contributed by atoms with Crippen LogP contribution in [0.25, 0.3) is 0 Å². The lowest BCUT2D eigenvalue weighted by Crippen LogP contribution is -2.00. The first-order valence-electron chi connectivity index (χ1n) is 4.89. The first-order chi connectivity index (χ1) is 8.20. The quantitative estimate of drug-likeness (QED) is 0.924. The van der Waals surface area contributed by atoms with E-state index in [2.05, 4.69) is 10.3 Å². The summed E-state index contributed by atoms with van der Waals surface area (Å²) in [7, 11) is 1.72. The van der Waals surface area contributed by atoms with Gasteiger partial charge in [-0.2, -0.15) is 4.98 Å². The Labute approximate surface area is 109 Å². The largest absolute Gasteiger partial charge is 0.468 e. The lowest BCUT2D eigenvalue weighted by atomic mass is 10.4. The van der Waals surface area contributed by atoms with Crippen molar-refractivity contribution in [3.63, 3.8) is 0 Å². The number of ether oxygens (including phenoxy) is 1. The number of furan rings is 1. The molecule has 0 fully saturated rings. The van der Waals surface area contributed by atoms with Crippen LogP contribution in [0.5, 0.6) is 5.88 Å². The minimum absolute atomic E-state index is 0.268. The number of anilines is 1. The summed E-state index contributed by atoms with van der Waals surface area (Å²) < 4.78 is 10.6. The summed E-state index contributed by atoms with van der Waals surface area (Å²) in [6, 6.07) is 5.18. The minimum Gasteiger partial charge on any atom is -0.468 e. The van der Waals surface area contributed by atoms with Crippen molar-refractivity contribution in [2.24, 2.45) is 0 Å². The van der Waals surface area contributed by atoms with Crippen molar-refractivity contribution in [3.8, 4) is 5.88 Å². The van der Waals surface area contributed by atoms with Gasteiger partial charge >= 0.3 is 0 Å². The smallest absolute Gasteiger partial charge is 0.235 e. The fourth-order valence-electron chi connectivity index (χ4n) is 1.26. The zero-order valence-electron chi connectivity index (χ0n) is 9.04. The van der Waals surface area contributed by atoms with Crippen LogP contribution in [0.3, 0.4) is 0 Å². The Morgan fingerprint density at radius 2 is 2.24 bits per heavy atom.